The van der Waals surface area contributed by atoms with Crippen LogP contribution in [-0.2, 0) is 4.79 Å². The lowest BCUT2D eigenvalue weighted by molar-refractivity contribution is -0.143. The Morgan fingerprint density at radius 1 is 1.04 bits per heavy atom. The van der Waals surface area contributed by atoms with E-state index in [9.17, 15) is 9.90 Å². The Bertz CT molecular complexity index is 1020. The fraction of sp³-hybridized carbons (Fsp3) is 0.261. The molecule has 2 unspecified atom stereocenters. The normalized spacial score (nSPS) is 18.9. The average Bonchev–Trinajstić information content (AvgIpc) is 2.70. The van der Waals surface area contributed by atoms with Gasteiger partial charge in [-0.1, -0.05) is 71.7 Å². The van der Waals surface area contributed by atoms with Crippen LogP contribution in [0.25, 0.3) is 10.8 Å². The van der Waals surface area contributed by atoms with Gasteiger partial charge < -0.3 is 5.11 Å². The average molecular weight is 414 g/mol. The highest BCUT2D eigenvalue weighted by Gasteiger charge is 2.32. The minimum Gasteiger partial charge on any atom is -0.481 e. The van der Waals surface area contributed by atoms with Gasteiger partial charge >= 0.3 is 5.97 Å². The number of piperidine rings is 1. The van der Waals surface area contributed by atoms with E-state index < -0.39 is 5.97 Å². The predicted molar refractivity (Wildman–Crippen MR) is 114 cm³/mol. The molecule has 0 spiro atoms. The topological polar surface area (TPSA) is 40.5 Å². The van der Waals surface area contributed by atoms with Gasteiger partial charge in [0, 0.05) is 16.6 Å². The summed E-state index contributed by atoms with van der Waals surface area (Å²) < 4.78 is 0. The number of halogens is 2. The van der Waals surface area contributed by atoms with E-state index in [2.05, 4.69) is 29.2 Å². The van der Waals surface area contributed by atoms with E-state index in [1.807, 2.05) is 30.3 Å². The van der Waals surface area contributed by atoms with E-state index in [1.165, 1.54) is 0 Å². The van der Waals surface area contributed by atoms with Gasteiger partial charge in [0.1, 0.15) is 0 Å². The maximum absolute atomic E-state index is 11.6. The summed E-state index contributed by atoms with van der Waals surface area (Å²) in [6, 6.07) is 20.0. The number of likely N-dealkylation sites (tertiary alicyclic amines) is 1. The zero-order valence-corrected chi connectivity index (χ0v) is 16.8. The number of carboxylic acids is 1. The highest BCUT2D eigenvalue weighted by Crippen LogP contribution is 2.39. The second-order valence-electron chi connectivity index (χ2n) is 7.31. The fourth-order valence-corrected chi connectivity index (χ4v) is 4.73. The van der Waals surface area contributed by atoms with Crippen LogP contribution in [0.4, 0.5) is 0 Å². The summed E-state index contributed by atoms with van der Waals surface area (Å²) in [5.41, 5.74) is 2.09. The molecule has 0 radical (unpaired) electrons. The number of rotatable bonds is 4. The largest absolute Gasteiger partial charge is 0.481 e. The van der Waals surface area contributed by atoms with Crippen molar-refractivity contribution < 1.29 is 9.90 Å². The van der Waals surface area contributed by atoms with Gasteiger partial charge in [0.05, 0.1) is 12.0 Å². The van der Waals surface area contributed by atoms with Crippen molar-refractivity contribution in [2.75, 3.05) is 13.1 Å². The van der Waals surface area contributed by atoms with Crippen LogP contribution >= 0.6 is 23.2 Å². The number of hydrogen-bond acceptors (Lipinski definition) is 2. The summed E-state index contributed by atoms with van der Waals surface area (Å²) >= 11 is 12.8. The number of carboxylic acid groups (broad SMARTS) is 1. The van der Waals surface area contributed by atoms with E-state index >= 15 is 0 Å². The molecule has 0 bridgehead atoms. The lowest BCUT2D eigenvalue weighted by atomic mass is 9.89. The first-order chi connectivity index (χ1) is 13.5. The van der Waals surface area contributed by atoms with Gasteiger partial charge in [-0.05, 0) is 53.4 Å². The standard InChI is InChI=1S/C23H21Cl2NO2/c24-17-10-11-20(21(25)13-17)22(26-12-4-7-16(14-26)23(27)28)19-9-3-6-15-5-1-2-8-18(15)19/h1-3,5-6,8-11,13,16,22H,4,7,12,14H2,(H,27,28). The Labute approximate surface area is 174 Å². The van der Waals surface area contributed by atoms with Crippen LogP contribution in [0.15, 0.2) is 60.7 Å². The van der Waals surface area contributed by atoms with Crippen molar-refractivity contribution in [1.29, 1.82) is 0 Å². The van der Waals surface area contributed by atoms with Crippen molar-refractivity contribution >= 4 is 39.9 Å². The Balaban J connectivity index is 1.87. The molecule has 2 atom stereocenters. The van der Waals surface area contributed by atoms with Crippen molar-refractivity contribution in [3.8, 4) is 0 Å². The molecule has 0 amide bonds. The van der Waals surface area contributed by atoms with E-state index in [1.54, 1.807) is 6.07 Å². The SMILES string of the molecule is O=C(O)C1CCCN(C(c2ccc(Cl)cc2Cl)c2cccc3ccccc23)C1. The summed E-state index contributed by atoms with van der Waals surface area (Å²) in [7, 11) is 0. The van der Waals surface area contributed by atoms with Gasteiger partial charge in [0.2, 0.25) is 0 Å². The summed E-state index contributed by atoms with van der Waals surface area (Å²) in [5.74, 6) is -1.10. The number of benzene rings is 3. The van der Waals surface area contributed by atoms with Crippen molar-refractivity contribution in [2.24, 2.45) is 5.92 Å². The monoisotopic (exact) mass is 413 g/mol. The Kier molecular flexibility index (Phi) is 5.58. The molecule has 1 heterocycles. The molecule has 1 aliphatic heterocycles. The molecule has 0 aromatic heterocycles. The molecule has 5 heteroatoms. The van der Waals surface area contributed by atoms with E-state index in [0.717, 1.165) is 34.9 Å². The molecule has 0 aliphatic carbocycles. The Morgan fingerprint density at radius 2 is 1.82 bits per heavy atom. The molecule has 28 heavy (non-hydrogen) atoms. The summed E-state index contributed by atoms with van der Waals surface area (Å²) in [5, 5.41) is 13.1. The third-order valence-corrected chi connectivity index (χ3v) is 6.10. The number of carbonyl (C=O) groups is 1. The summed E-state index contributed by atoms with van der Waals surface area (Å²) in [4.78, 5) is 13.9. The highest BCUT2D eigenvalue weighted by molar-refractivity contribution is 6.35. The lowest BCUT2D eigenvalue weighted by Crippen LogP contribution is -2.41. The van der Waals surface area contributed by atoms with Crippen molar-refractivity contribution in [1.82, 2.24) is 4.90 Å². The van der Waals surface area contributed by atoms with Crippen molar-refractivity contribution in [3.63, 3.8) is 0 Å². The van der Waals surface area contributed by atoms with E-state index in [4.69, 9.17) is 23.2 Å². The third kappa shape index (κ3) is 3.75. The zero-order valence-electron chi connectivity index (χ0n) is 15.3. The lowest BCUT2D eigenvalue weighted by Gasteiger charge is -2.38. The summed E-state index contributed by atoms with van der Waals surface area (Å²) in [6.45, 7) is 1.33. The van der Waals surface area contributed by atoms with Crippen LogP contribution in [-0.4, -0.2) is 29.1 Å². The van der Waals surface area contributed by atoms with Crippen molar-refractivity contribution in [3.05, 3.63) is 81.8 Å². The van der Waals surface area contributed by atoms with Gasteiger partial charge in [-0.15, -0.1) is 0 Å². The van der Waals surface area contributed by atoms with Crippen molar-refractivity contribution in [2.45, 2.75) is 18.9 Å². The molecule has 3 nitrogen and oxygen atoms in total. The second-order valence-corrected chi connectivity index (χ2v) is 8.15. The van der Waals surface area contributed by atoms with Crippen LogP contribution in [0.5, 0.6) is 0 Å². The second kappa shape index (κ2) is 8.12. The van der Waals surface area contributed by atoms with Gasteiger partial charge in [-0.3, -0.25) is 9.69 Å². The minimum atomic E-state index is -0.733. The molecule has 144 valence electrons. The maximum Gasteiger partial charge on any atom is 0.307 e. The highest BCUT2D eigenvalue weighted by atomic mass is 35.5. The zero-order chi connectivity index (χ0) is 19.7. The van der Waals surface area contributed by atoms with E-state index in [-0.39, 0.29) is 12.0 Å². The Hall–Kier alpha value is -2.07. The van der Waals surface area contributed by atoms with Gasteiger partial charge in [0.15, 0.2) is 0 Å². The molecular weight excluding hydrogens is 393 g/mol. The first-order valence-electron chi connectivity index (χ1n) is 9.44. The van der Waals surface area contributed by atoms with Gasteiger partial charge in [-0.25, -0.2) is 0 Å². The number of nitrogens with zero attached hydrogens (tertiary/aromatic N) is 1. The number of fused-ring (bicyclic) bond motifs is 1. The Morgan fingerprint density at radius 3 is 2.61 bits per heavy atom. The van der Waals surface area contributed by atoms with Crippen LogP contribution in [0.1, 0.15) is 30.0 Å². The molecule has 4 rings (SSSR count). The number of hydrogen-bond donors (Lipinski definition) is 1. The first-order valence-corrected chi connectivity index (χ1v) is 10.2. The van der Waals surface area contributed by atoms with Crippen LogP contribution in [0.2, 0.25) is 10.0 Å². The molecule has 1 aliphatic rings. The molecule has 1 fully saturated rings. The quantitative estimate of drug-likeness (QED) is 0.567. The minimum absolute atomic E-state index is 0.127. The molecule has 3 aromatic carbocycles. The molecule has 0 saturated carbocycles. The first kappa shape index (κ1) is 19.3. The molecule has 3 aromatic rings. The predicted octanol–water partition coefficient (Wildman–Crippen LogP) is 6.03. The van der Waals surface area contributed by atoms with Gasteiger partial charge in [-0.2, -0.15) is 0 Å². The van der Waals surface area contributed by atoms with Crippen LogP contribution in [0.3, 0.4) is 0 Å². The fourth-order valence-electron chi connectivity index (χ4n) is 4.22. The number of aliphatic carboxylic acids is 1. The molecule has 1 saturated heterocycles. The van der Waals surface area contributed by atoms with E-state index in [0.29, 0.717) is 23.0 Å². The van der Waals surface area contributed by atoms with Crippen LogP contribution in [0, 0.1) is 5.92 Å². The smallest absolute Gasteiger partial charge is 0.307 e. The summed E-state index contributed by atoms with van der Waals surface area (Å²) in [6.07, 6.45) is 1.56. The third-order valence-electron chi connectivity index (χ3n) is 5.54. The molecular formula is C23H21Cl2NO2. The molecule has 1 N–H and O–H groups in total. The maximum atomic E-state index is 11.6. The van der Waals surface area contributed by atoms with Gasteiger partial charge in [0.25, 0.3) is 0 Å². The van der Waals surface area contributed by atoms with Crippen LogP contribution < -0.4 is 0 Å².